The van der Waals surface area contributed by atoms with Crippen LogP contribution in [0.3, 0.4) is 0 Å². The third-order valence-electron chi connectivity index (χ3n) is 11.0. The van der Waals surface area contributed by atoms with E-state index in [4.69, 9.17) is 27.9 Å². The van der Waals surface area contributed by atoms with Crippen molar-refractivity contribution in [2.75, 3.05) is 18.1 Å². The molecule has 0 spiro atoms. The summed E-state index contributed by atoms with van der Waals surface area (Å²) in [5.74, 6) is -0.799. The second-order valence-corrected chi connectivity index (χ2v) is 16.0. The highest BCUT2D eigenvalue weighted by molar-refractivity contribution is 6.35. The first-order chi connectivity index (χ1) is 27.7. The lowest BCUT2D eigenvalue weighted by Crippen LogP contribution is -2.43. The molecule has 3 aromatic carbocycles. The number of halogens is 2. The SMILES string of the molecule is Cc1ccnc(Cn2c(C(=O)O)cc3cc(O)cc(N4CC(C)n5c(c(CCCOc6cc(C)c(Cl)c(C)c6)c6ccc(Cl)c(-c7c(C)ncnc7C)c65)C4=O)c32)c1. The fourth-order valence-corrected chi connectivity index (χ4v) is 8.88. The number of nitrogens with zero attached hydrogens (tertiary/aromatic N) is 6. The number of rotatable bonds is 10. The van der Waals surface area contributed by atoms with Crippen molar-refractivity contribution in [1.82, 2.24) is 24.1 Å². The summed E-state index contributed by atoms with van der Waals surface area (Å²) in [7, 11) is 0. The fourth-order valence-electron chi connectivity index (χ4n) is 8.53. The van der Waals surface area contributed by atoms with Gasteiger partial charge in [-0.15, -0.1) is 0 Å². The average Bonchev–Trinajstić information content (AvgIpc) is 3.70. The molecule has 2 N–H and O–H groups in total. The monoisotopic (exact) mass is 816 g/mol. The minimum absolute atomic E-state index is 0.0126. The smallest absolute Gasteiger partial charge is 0.352 e. The van der Waals surface area contributed by atoms with Crippen LogP contribution in [0, 0.1) is 34.6 Å². The van der Waals surface area contributed by atoms with E-state index < -0.39 is 5.97 Å². The molecule has 1 amide bonds. The summed E-state index contributed by atoms with van der Waals surface area (Å²) in [5, 5.41) is 24.1. The standard InChI is InChI=1S/C45H42Cl2N6O5/c1-23-11-12-48-30(14-23)21-51-37(45(56)57)18-29-17-31(54)19-36(41(29)51)52-20-26(4)53-42-34(9-10-35(46)39(42)38-27(5)49-22-50-28(38)6)33(43(53)44(52)55)8-7-13-58-32-15-24(2)40(47)25(3)16-32/h9-12,14-19,22,26,54H,7-8,13,20-21H2,1-6H3,(H,56,57). The predicted molar refractivity (Wildman–Crippen MR) is 227 cm³/mol. The first-order valence-corrected chi connectivity index (χ1v) is 19.8. The highest BCUT2D eigenvalue weighted by Crippen LogP contribution is 2.46. The van der Waals surface area contributed by atoms with E-state index >= 15 is 4.79 Å². The number of fused-ring (bicyclic) bond motifs is 4. The van der Waals surface area contributed by atoms with Gasteiger partial charge in [-0.25, -0.2) is 14.8 Å². The molecule has 7 aromatic rings. The minimum Gasteiger partial charge on any atom is -0.508 e. The molecule has 0 bridgehead atoms. The molecular formula is C45H42Cl2N6O5. The first kappa shape index (κ1) is 38.9. The van der Waals surface area contributed by atoms with Crippen molar-refractivity contribution < 1.29 is 24.5 Å². The maximum absolute atomic E-state index is 15.4. The van der Waals surface area contributed by atoms with Crippen molar-refractivity contribution in [2.45, 2.75) is 67.0 Å². The number of aromatic nitrogens is 5. The van der Waals surface area contributed by atoms with Crippen LogP contribution in [0.4, 0.5) is 5.69 Å². The Morgan fingerprint density at radius 3 is 2.33 bits per heavy atom. The van der Waals surface area contributed by atoms with Crippen molar-refractivity contribution in [3.8, 4) is 22.6 Å². The van der Waals surface area contributed by atoms with Crippen molar-refractivity contribution in [1.29, 1.82) is 0 Å². The Bertz CT molecular complexity index is 2780. The van der Waals surface area contributed by atoms with E-state index in [0.717, 1.165) is 61.4 Å². The van der Waals surface area contributed by atoms with Gasteiger partial charge in [-0.1, -0.05) is 29.3 Å². The predicted octanol–water partition coefficient (Wildman–Crippen LogP) is 9.98. The fraction of sp³-hybridized carbons (Fsp3) is 0.267. The highest BCUT2D eigenvalue weighted by atomic mass is 35.5. The zero-order valence-corrected chi connectivity index (χ0v) is 34.5. The topological polar surface area (TPSA) is 136 Å². The number of carboxylic acid groups (broad SMARTS) is 1. The summed E-state index contributed by atoms with van der Waals surface area (Å²) < 4.78 is 9.97. The summed E-state index contributed by atoms with van der Waals surface area (Å²) in [5.41, 5.74) is 9.62. The number of hydrogen-bond acceptors (Lipinski definition) is 7. The lowest BCUT2D eigenvalue weighted by atomic mass is 9.97. The zero-order chi connectivity index (χ0) is 41.2. The minimum atomic E-state index is -1.14. The molecule has 8 rings (SSSR count). The van der Waals surface area contributed by atoms with Crippen molar-refractivity contribution >= 4 is 62.6 Å². The molecule has 5 heterocycles. The number of phenols is 1. The number of aromatic carboxylic acids is 1. The molecule has 58 heavy (non-hydrogen) atoms. The van der Waals surface area contributed by atoms with Crippen LogP contribution in [0.1, 0.15) is 79.7 Å². The molecule has 0 fully saturated rings. The average molecular weight is 818 g/mol. The van der Waals surface area contributed by atoms with Gasteiger partial charge >= 0.3 is 5.97 Å². The summed E-state index contributed by atoms with van der Waals surface area (Å²) in [6, 6.07) is 15.8. The second-order valence-electron chi connectivity index (χ2n) is 15.2. The zero-order valence-electron chi connectivity index (χ0n) is 33.0. The molecule has 1 aliphatic rings. The van der Waals surface area contributed by atoms with Crippen LogP contribution < -0.4 is 9.64 Å². The van der Waals surface area contributed by atoms with Gasteiger partial charge in [0.2, 0.25) is 0 Å². The van der Waals surface area contributed by atoms with E-state index in [9.17, 15) is 15.0 Å². The first-order valence-electron chi connectivity index (χ1n) is 19.1. The number of aromatic hydroxyl groups is 1. The molecular weight excluding hydrogens is 775 g/mol. The van der Waals surface area contributed by atoms with Crippen molar-refractivity contribution in [3.05, 3.63) is 128 Å². The van der Waals surface area contributed by atoms with Gasteiger partial charge in [-0.05, 0) is 119 Å². The number of carboxylic acids is 1. The second kappa shape index (κ2) is 15.1. The van der Waals surface area contributed by atoms with Gasteiger partial charge in [-0.2, -0.15) is 0 Å². The van der Waals surface area contributed by atoms with E-state index in [0.29, 0.717) is 57.5 Å². The molecule has 0 radical (unpaired) electrons. The van der Waals surface area contributed by atoms with Crippen molar-refractivity contribution in [2.24, 2.45) is 0 Å². The largest absolute Gasteiger partial charge is 0.508 e. The number of aryl methyl sites for hydroxylation is 6. The Morgan fingerprint density at radius 1 is 0.914 bits per heavy atom. The number of carbonyl (C=O) groups is 2. The van der Waals surface area contributed by atoms with Gasteiger partial charge in [0.1, 0.15) is 29.2 Å². The Morgan fingerprint density at radius 2 is 1.64 bits per heavy atom. The van der Waals surface area contributed by atoms with E-state index in [-0.39, 0.29) is 36.5 Å². The van der Waals surface area contributed by atoms with E-state index in [2.05, 4.69) is 19.5 Å². The Balaban J connectivity index is 1.30. The maximum Gasteiger partial charge on any atom is 0.352 e. The van der Waals surface area contributed by atoms with Gasteiger partial charge in [0, 0.05) is 63.2 Å². The molecule has 1 atom stereocenters. The molecule has 1 aliphatic heterocycles. The van der Waals surface area contributed by atoms with Crippen LogP contribution in [0.5, 0.6) is 11.5 Å². The number of ether oxygens (including phenoxy) is 1. The summed E-state index contributed by atoms with van der Waals surface area (Å²) in [6.45, 7) is 12.5. The van der Waals surface area contributed by atoms with Crippen molar-refractivity contribution in [3.63, 3.8) is 0 Å². The molecule has 0 aliphatic carbocycles. The van der Waals surface area contributed by atoms with Crippen LogP contribution in [0.15, 0.2) is 67.1 Å². The van der Waals surface area contributed by atoms with E-state index in [1.165, 1.54) is 24.5 Å². The Hall–Kier alpha value is -5.91. The quantitative estimate of drug-likeness (QED) is 0.130. The molecule has 296 valence electrons. The number of pyridine rings is 1. The lowest BCUT2D eigenvalue weighted by molar-refractivity contribution is 0.0686. The van der Waals surface area contributed by atoms with Gasteiger partial charge < -0.3 is 29.0 Å². The maximum atomic E-state index is 15.4. The number of hydrogen-bond donors (Lipinski definition) is 2. The molecule has 11 nitrogen and oxygen atoms in total. The molecule has 4 aromatic heterocycles. The molecule has 13 heteroatoms. The van der Waals surface area contributed by atoms with E-state index in [1.807, 2.05) is 77.9 Å². The molecule has 0 saturated carbocycles. The number of phenolic OH excluding ortho intramolecular Hbond substituents is 1. The van der Waals surface area contributed by atoms with Gasteiger partial charge in [-0.3, -0.25) is 9.78 Å². The Kier molecular flexibility index (Phi) is 10.1. The lowest BCUT2D eigenvalue weighted by Gasteiger charge is -2.35. The van der Waals surface area contributed by atoms with Gasteiger partial charge in [0.05, 0.1) is 40.6 Å². The van der Waals surface area contributed by atoms with Crippen LogP contribution in [-0.2, 0) is 13.0 Å². The van der Waals surface area contributed by atoms with Crippen LogP contribution in [0.25, 0.3) is 32.9 Å². The summed E-state index contributed by atoms with van der Waals surface area (Å²) in [6.07, 6.45) is 4.30. The third kappa shape index (κ3) is 6.71. The number of anilines is 1. The third-order valence-corrected chi connectivity index (χ3v) is 12.0. The molecule has 1 unspecified atom stereocenters. The number of amides is 1. The van der Waals surface area contributed by atoms with Gasteiger partial charge in [0.25, 0.3) is 5.91 Å². The number of carbonyl (C=O) groups excluding carboxylic acids is 1. The summed E-state index contributed by atoms with van der Waals surface area (Å²) >= 11 is 13.5. The normalized spacial score (nSPS) is 14.1. The van der Waals surface area contributed by atoms with E-state index in [1.54, 1.807) is 15.7 Å². The van der Waals surface area contributed by atoms with Crippen LogP contribution in [-0.4, -0.2) is 59.3 Å². The van der Waals surface area contributed by atoms with Crippen LogP contribution in [0.2, 0.25) is 10.0 Å². The Labute approximate surface area is 345 Å². The van der Waals surface area contributed by atoms with Gasteiger partial charge in [0.15, 0.2) is 0 Å². The van der Waals surface area contributed by atoms with Crippen LogP contribution >= 0.6 is 23.2 Å². The number of benzene rings is 3. The molecule has 0 saturated heterocycles. The summed E-state index contributed by atoms with van der Waals surface area (Å²) in [4.78, 5) is 43.3. The highest BCUT2D eigenvalue weighted by Gasteiger charge is 2.38.